The molecule has 1 saturated heterocycles. The SMILES string of the molecule is CCOc1c(Cl)cc(/C=C/C(=O)N2CCCCC2CNC(=O)Nc2ccccc2)cc1OC. The molecule has 1 unspecified atom stereocenters. The fourth-order valence-electron chi connectivity index (χ4n) is 3.79. The lowest BCUT2D eigenvalue weighted by Crippen LogP contribution is -2.49. The predicted octanol–water partition coefficient (Wildman–Crippen LogP) is 4.96. The monoisotopic (exact) mass is 471 g/mol. The zero-order chi connectivity index (χ0) is 23.6. The van der Waals surface area contributed by atoms with Crippen LogP contribution in [0.25, 0.3) is 6.08 Å². The van der Waals surface area contributed by atoms with Crippen molar-refractivity contribution in [2.24, 2.45) is 0 Å². The molecule has 2 aromatic rings. The Morgan fingerprint density at radius 2 is 2.00 bits per heavy atom. The summed E-state index contributed by atoms with van der Waals surface area (Å²) >= 11 is 6.33. The summed E-state index contributed by atoms with van der Waals surface area (Å²) < 4.78 is 10.9. The summed E-state index contributed by atoms with van der Waals surface area (Å²) in [6.45, 7) is 3.39. The van der Waals surface area contributed by atoms with Crippen LogP contribution in [0, 0.1) is 0 Å². The minimum atomic E-state index is -0.286. The molecule has 0 radical (unpaired) electrons. The number of carbonyl (C=O) groups excluding carboxylic acids is 2. The predicted molar refractivity (Wildman–Crippen MR) is 131 cm³/mol. The molecule has 0 aliphatic carbocycles. The Kier molecular flexibility index (Phi) is 9.01. The zero-order valence-corrected chi connectivity index (χ0v) is 19.7. The Morgan fingerprint density at radius 3 is 2.73 bits per heavy atom. The summed E-state index contributed by atoms with van der Waals surface area (Å²) in [5.74, 6) is 0.899. The normalized spacial score (nSPS) is 15.8. The van der Waals surface area contributed by atoms with E-state index in [1.165, 1.54) is 6.08 Å². The van der Waals surface area contributed by atoms with E-state index >= 15 is 0 Å². The van der Waals surface area contributed by atoms with Crippen molar-refractivity contribution < 1.29 is 19.1 Å². The molecular weight excluding hydrogens is 442 g/mol. The van der Waals surface area contributed by atoms with Crippen LogP contribution in [0.3, 0.4) is 0 Å². The standard InChI is InChI=1S/C25H30ClN3O4/c1-3-33-24-21(26)15-18(16-22(24)32-2)12-13-23(30)29-14-8-7-11-20(29)17-27-25(31)28-19-9-5-4-6-10-19/h4-6,9-10,12-13,15-16,20H,3,7-8,11,14,17H2,1-2H3,(H2,27,28,31)/b13-12+. The molecule has 176 valence electrons. The van der Waals surface area contributed by atoms with Gasteiger partial charge < -0.3 is 25.0 Å². The van der Waals surface area contributed by atoms with Crippen molar-refractivity contribution in [2.75, 3.05) is 32.1 Å². The van der Waals surface area contributed by atoms with Crippen molar-refractivity contribution in [3.05, 3.63) is 59.1 Å². The van der Waals surface area contributed by atoms with Gasteiger partial charge in [0.15, 0.2) is 11.5 Å². The number of ether oxygens (including phenoxy) is 2. The van der Waals surface area contributed by atoms with Gasteiger partial charge in [0.1, 0.15) is 0 Å². The number of anilines is 1. The molecule has 1 aliphatic rings. The van der Waals surface area contributed by atoms with Gasteiger partial charge >= 0.3 is 6.03 Å². The summed E-state index contributed by atoms with van der Waals surface area (Å²) in [6.07, 6.45) is 6.05. The molecule has 1 fully saturated rings. The molecule has 0 saturated carbocycles. The average Bonchev–Trinajstić information content (AvgIpc) is 2.83. The number of methoxy groups -OCH3 is 1. The van der Waals surface area contributed by atoms with Crippen molar-refractivity contribution in [3.63, 3.8) is 0 Å². The van der Waals surface area contributed by atoms with Crippen LogP contribution in [0.1, 0.15) is 31.7 Å². The first-order valence-electron chi connectivity index (χ1n) is 11.1. The minimum absolute atomic E-state index is 0.0594. The van der Waals surface area contributed by atoms with Crippen molar-refractivity contribution in [2.45, 2.75) is 32.2 Å². The number of urea groups is 1. The van der Waals surface area contributed by atoms with E-state index in [-0.39, 0.29) is 18.0 Å². The number of benzene rings is 2. The Balaban J connectivity index is 1.62. The molecule has 2 aromatic carbocycles. The third kappa shape index (κ3) is 6.89. The van der Waals surface area contributed by atoms with Gasteiger partial charge in [0.05, 0.1) is 18.7 Å². The third-order valence-electron chi connectivity index (χ3n) is 5.40. The van der Waals surface area contributed by atoms with Gasteiger partial charge in [-0.2, -0.15) is 0 Å². The fraction of sp³-hybridized carbons (Fsp3) is 0.360. The zero-order valence-electron chi connectivity index (χ0n) is 19.0. The lowest BCUT2D eigenvalue weighted by atomic mass is 10.0. The highest BCUT2D eigenvalue weighted by atomic mass is 35.5. The summed E-state index contributed by atoms with van der Waals surface area (Å²) in [7, 11) is 1.55. The average molecular weight is 472 g/mol. The molecule has 2 N–H and O–H groups in total. The van der Waals surface area contributed by atoms with Gasteiger partial charge in [-0.25, -0.2) is 4.79 Å². The number of para-hydroxylation sites is 1. The van der Waals surface area contributed by atoms with Crippen LogP contribution in [-0.2, 0) is 4.79 Å². The quantitative estimate of drug-likeness (QED) is 0.533. The van der Waals surface area contributed by atoms with Crippen molar-refractivity contribution in [3.8, 4) is 11.5 Å². The fourth-order valence-corrected chi connectivity index (χ4v) is 4.07. The molecule has 1 atom stereocenters. The number of piperidine rings is 1. The number of hydrogen-bond donors (Lipinski definition) is 2. The van der Waals surface area contributed by atoms with Gasteiger partial charge in [0.2, 0.25) is 5.91 Å². The first-order valence-corrected chi connectivity index (χ1v) is 11.5. The number of nitrogens with zero attached hydrogens (tertiary/aromatic N) is 1. The molecule has 8 heteroatoms. The number of likely N-dealkylation sites (tertiary alicyclic amines) is 1. The number of hydrogen-bond acceptors (Lipinski definition) is 4. The second-order valence-corrected chi connectivity index (χ2v) is 8.09. The molecule has 0 bridgehead atoms. The number of halogens is 1. The molecule has 7 nitrogen and oxygen atoms in total. The van der Waals surface area contributed by atoms with Gasteiger partial charge in [-0.3, -0.25) is 4.79 Å². The topological polar surface area (TPSA) is 79.9 Å². The molecule has 3 rings (SSSR count). The van der Waals surface area contributed by atoms with Gasteiger partial charge in [-0.1, -0.05) is 29.8 Å². The van der Waals surface area contributed by atoms with Crippen LogP contribution in [-0.4, -0.2) is 49.7 Å². The maximum absolute atomic E-state index is 12.9. The van der Waals surface area contributed by atoms with E-state index in [4.69, 9.17) is 21.1 Å². The Hall–Kier alpha value is -3.19. The Labute approximate surface area is 199 Å². The number of rotatable bonds is 8. The van der Waals surface area contributed by atoms with Crippen LogP contribution in [0.5, 0.6) is 11.5 Å². The first kappa shape index (κ1) is 24.5. The van der Waals surface area contributed by atoms with Crippen LogP contribution in [0.4, 0.5) is 10.5 Å². The summed E-state index contributed by atoms with van der Waals surface area (Å²) in [5, 5.41) is 6.11. The first-order chi connectivity index (χ1) is 16.0. The molecule has 0 spiro atoms. The van der Waals surface area contributed by atoms with Crippen LogP contribution >= 0.6 is 11.6 Å². The van der Waals surface area contributed by atoms with Gasteiger partial charge in [-0.15, -0.1) is 0 Å². The van der Waals surface area contributed by atoms with Crippen molar-refractivity contribution >= 4 is 35.3 Å². The maximum Gasteiger partial charge on any atom is 0.319 e. The highest BCUT2D eigenvalue weighted by Crippen LogP contribution is 2.36. The van der Waals surface area contributed by atoms with Gasteiger partial charge in [0, 0.05) is 30.9 Å². The number of amides is 3. The molecule has 3 amide bonds. The van der Waals surface area contributed by atoms with E-state index < -0.39 is 0 Å². The number of nitrogens with one attached hydrogen (secondary N) is 2. The Bertz CT molecular complexity index is 981. The molecule has 0 aromatic heterocycles. The maximum atomic E-state index is 12.9. The summed E-state index contributed by atoms with van der Waals surface area (Å²) in [4.78, 5) is 27.0. The van der Waals surface area contributed by atoms with Gasteiger partial charge in [-0.05, 0) is 62.1 Å². The highest BCUT2D eigenvalue weighted by Gasteiger charge is 2.25. The van der Waals surface area contributed by atoms with E-state index in [1.807, 2.05) is 42.2 Å². The minimum Gasteiger partial charge on any atom is -0.493 e. The van der Waals surface area contributed by atoms with E-state index in [2.05, 4.69) is 10.6 Å². The van der Waals surface area contributed by atoms with E-state index in [0.717, 1.165) is 30.5 Å². The Morgan fingerprint density at radius 1 is 1.21 bits per heavy atom. The summed E-state index contributed by atoms with van der Waals surface area (Å²) in [6, 6.07) is 12.4. The highest BCUT2D eigenvalue weighted by molar-refractivity contribution is 6.32. The second-order valence-electron chi connectivity index (χ2n) is 7.68. The van der Waals surface area contributed by atoms with Crippen molar-refractivity contribution in [1.29, 1.82) is 0 Å². The van der Waals surface area contributed by atoms with Gasteiger partial charge in [0.25, 0.3) is 0 Å². The molecule has 33 heavy (non-hydrogen) atoms. The van der Waals surface area contributed by atoms with Crippen LogP contribution in [0.15, 0.2) is 48.5 Å². The van der Waals surface area contributed by atoms with Crippen molar-refractivity contribution in [1.82, 2.24) is 10.2 Å². The largest absolute Gasteiger partial charge is 0.493 e. The van der Waals surface area contributed by atoms with Crippen LogP contribution < -0.4 is 20.1 Å². The van der Waals surface area contributed by atoms with Crippen LogP contribution in [0.2, 0.25) is 5.02 Å². The molecule has 1 heterocycles. The number of carbonyl (C=O) groups is 2. The molecule has 1 aliphatic heterocycles. The lowest BCUT2D eigenvalue weighted by Gasteiger charge is -2.35. The van der Waals surface area contributed by atoms with E-state index in [9.17, 15) is 9.59 Å². The lowest BCUT2D eigenvalue weighted by molar-refractivity contribution is -0.129. The van der Waals surface area contributed by atoms with E-state index in [1.54, 1.807) is 25.3 Å². The smallest absolute Gasteiger partial charge is 0.319 e. The third-order valence-corrected chi connectivity index (χ3v) is 5.68. The summed E-state index contributed by atoms with van der Waals surface area (Å²) in [5.41, 5.74) is 1.46. The second kappa shape index (κ2) is 12.2. The van der Waals surface area contributed by atoms with E-state index in [0.29, 0.717) is 36.2 Å². The molecular formula is C25H30ClN3O4.